The van der Waals surface area contributed by atoms with Crippen LogP contribution in [0.4, 0.5) is 9.18 Å². The van der Waals surface area contributed by atoms with Crippen LogP contribution in [0.25, 0.3) is 0 Å². The van der Waals surface area contributed by atoms with Gasteiger partial charge in [-0.3, -0.25) is 0 Å². The van der Waals surface area contributed by atoms with E-state index >= 15 is 0 Å². The highest BCUT2D eigenvalue weighted by molar-refractivity contribution is 7.91. The quantitative estimate of drug-likeness (QED) is 0.540. The zero-order valence-electron chi connectivity index (χ0n) is 16.4. The van der Waals surface area contributed by atoms with Gasteiger partial charge in [-0.25, -0.2) is 22.4 Å². The molecule has 3 rings (SSSR count). The first-order valence-electron chi connectivity index (χ1n) is 9.24. The SMILES string of the molecule is CCOC(=O)C1=C(CS(=O)(=O)c2ccc(F)cc2)NC(=O)N[C@@H]1c1ccc(C)cc1. The molecule has 0 saturated heterocycles. The summed E-state index contributed by atoms with van der Waals surface area (Å²) in [5.74, 6) is -1.96. The van der Waals surface area contributed by atoms with Crippen LogP contribution in [0.3, 0.4) is 0 Å². The van der Waals surface area contributed by atoms with Crippen molar-refractivity contribution in [2.45, 2.75) is 24.8 Å². The lowest BCUT2D eigenvalue weighted by atomic mass is 9.95. The Bertz CT molecular complexity index is 1090. The molecule has 2 aromatic carbocycles. The smallest absolute Gasteiger partial charge is 0.338 e. The van der Waals surface area contributed by atoms with Crippen molar-refractivity contribution < 1.29 is 27.1 Å². The minimum absolute atomic E-state index is 0.00555. The molecule has 0 radical (unpaired) electrons. The maximum Gasteiger partial charge on any atom is 0.338 e. The largest absolute Gasteiger partial charge is 0.463 e. The number of carbonyl (C=O) groups excluding carboxylic acids is 2. The molecule has 0 unspecified atom stereocenters. The summed E-state index contributed by atoms with van der Waals surface area (Å²) >= 11 is 0. The highest BCUT2D eigenvalue weighted by atomic mass is 32.2. The lowest BCUT2D eigenvalue weighted by Gasteiger charge is -2.29. The number of hydrogen-bond acceptors (Lipinski definition) is 5. The van der Waals surface area contributed by atoms with Crippen molar-refractivity contribution in [1.29, 1.82) is 0 Å². The Labute approximate surface area is 173 Å². The van der Waals surface area contributed by atoms with E-state index in [0.29, 0.717) is 5.56 Å². The van der Waals surface area contributed by atoms with E-state index in [-0.39, 0.29) is 22.8 Å². The van der Waals surface area contributed by atoms with E-state index in [2.05, 4.69) is 10.6 Å². The maximum atomic E-state index is 13.2. The molecule has 158 valence electrons. The Morgan fingerprint density at radius 1 is 1.10 bits per heavy atom. The van der Waals surface area contributed by atoms with Gasteiger partial charge in [0.05, 0.1) is 28.9 Å². The first kappa shape index (κ1) is 21.5. The first-order chi connectivity index (χ1) is 14.2. The van der Waals surface area contributed by atoms with Gasteiger partial charge in [0.15, 0.2) is 9.84 Å². The Morgan fingerprint density at radius 2 is 1.73 bits per heavy atom. The van der Waals surface area contributed by atoms with Gasteiger partial charge in [0.25, 0.3) is 0 Å². The van der Waals surface area contributed by atoms with Crippen molar-refractivity contribution in [3.8, 4) is 0 Å². The fourth-order valence-electron chi connectivity index (χ4n) is 3.11. The third-order valence-electron chi connectivity index (χ3n) is 4.57. The van der Waals surface area contributed by atoms with E-state index in [1.165, 1.54) is 0 Å². The number of ether oxygens (including phenoxy) is 1. The van der Waals surface area contributed by atoms with Crippen LogP contribution in [-0.4, -0.2) is 32.8 Å². The second-order valence-corrected chi connectivity index (χ2v) is 8.76. The Morgan fingerprint density at radius 3 is 2.33 bits per heavy atom. The summed E-state index contributed by atoms with van der Waals surface area (Å²) in [4.78, 5) is 24.9. The van der Waals surface area contributed by atoms with Gasteiger partial charge in [0, 0.05) is 5.70 Å². The number of urea groups is 1. The summed E-state index contributed by atoms with van der Waals surface area (Å²) in [6.07, 6.45) is 0. The van der Waals surface area contributed by atoms with Crippen molar-refractivity contribution in [3.63, 3.8) is 0 Å². The molecular formula is C21H21FN2O5S. The number of nitrogens with one attached hydrogen (secondary N) is 2. The molecule has 0 aliphatic carbocycles. The average molecular weight is 432 g/mol. The van der Waals surface area contributed by atoms with Crippen molar-refractivity contribution >= 4 is 21.8 Å². The summed E-state index contributed by atoms with van der Waals surface area (Å²) in [6, 6.07) is 9.95. The maximum absolute atomic E-state index is 13.2. The van der Waals surface area contributed by atoms with E-state index in [1.807, 2.05) is 19.1 Å². The van der Waals surface area contributed by atoms with Gasteiger partial charge in [-0.1, -0.05) is 29.8 Å². The second kappa shape index (κ2) is 8.66. The molecule has 0 bridgehead atoms. The molecule has 2 N–H and O–H groups in total. The number of halogens is 1. The van der Waals surface area contributed by atoms with Gasteiger partial charge in [-0.2, -0.15) is 0 Å². The van der Waals surface area contributed by atoms with Gasteiger partial charge in [0.2, 0.25) is 0 Å². The fourth-order valence-corrected chi connectivity index (χ4v) is 4.43. The molecule has 1 aliphatic rings. The Hall–Kier alpha value is -3.20. The highest BCUT2D eigenvalue weighted by Gasteiger charge is 2.35. The summed E-state index contributed by atoms with van der Waals surface area (Å²) in [7, 11) is -3.97. The highest BCUT2D eigenvalue weighted by Crippen LogP contribution is 2.29. The number of aryl methyl sites for hydroxylation is 1. The predicted octanol–water partition coefficient (Wildman–Crippen LogP) is 2.78. The van der Waals surface area contributed by atoms with Gasteiger partial charge in [-0.05, 0) is 43.7 Å². The molecular weight excluding hydrogens is 411 g/mol. The van der Waals surface area contributed by atoms with Crippen molar-refractivity contribution in [2.24, 2.45) is 0 Å². The van der Waals surface area contributed by atoms with Crippen molar-refractivity contribution in [3.05, 3.63) is 76.7 Å². The lowest BCUT2D eigenvalue weighted by molar-refractivity contribution is -0.139. The molecule has 1 atom stereocenters. The third-order valence-corrected chi connectivity index (χ3v) is 6.23. The number of sulfone groups is 1. The standard InChI is InChI=1S/C21H21FN2O5S/c1-3-29-20(25)18-17(12-30(27,28)16-10-8-15(22)9-11-16)23-21(26)24-19(18)14-6-4-13(2)5-7-14/h4-11,19H,3,12H2,1-2H3,(H2,23,24,26)/t19-/m1/s1. The Kier molecular flexibility index (Phi) is 6.21. The lowest BCUT2D eigenvalue weighted by Crippen LogP contribution is -2.47. The molecule has 30 heavy (non-hydrogen) atoms. The number of carbonyl (C=O) groups is 2. The minimum atomic E-state index is -3.97. The van der Waals surface area contributed by atoms with Gasteiger partial charge in [0.1, 0.15) is 5.82 Å². The molecule has 0 saturated carbocycles. The molecule has 7 nitrogen and oxygen atoms in total. The van der Waals surface area contributed by atoms with Crippen LogP contribution >= 0.6 is 0 Å². The van der Waals surface area contributed by atoms with Crippen LogP contribution in [0.15, 0.2) is 64.7 Å². The molecule has 2 aromatic rings. The van der Waals surface area contributed by atoms with Gasteiger partial charge in [-0.15, -0.1) is 0 Å². The van der Waals surface area contributed by atoms with E-state index in [9.17, 15) is 22.4 Å². The molecule has 9 heteroatoms. The van der Waals surface area contributed by atoms with Crippen LogP contribution in [0.1, 0.15) is 24.1 Å². The number of esters is 1. The van der Waals surface area contributed by atoms with Crippen LogP contribution in [0.2, 0.25) is 0 Å². The minimum Gasteiger partial charge on any atom is -0.463 e. The zero-order valence-corrected chi connectivity index (χ0v) is 17.3. The van der Waals surface area contributed by atoms with E-state index in [0.717, 1.165) is 29.8 Å². The monoisotopic (exact) mass is 432 g/mol. The molecule has 0 spiro atoms. The first-order valence-corrected chi connectivity index (χ1v) is 10.9. The van der Waals surface area contributed by atoms with E-state index < -0.39 is 39.4 Å². The fraction of sp³-hybridized carbons (Fsp3) is 0.238. The summed E-state index contributed by atoms with van der Waals surface area (Å²) < 4.78 is 44.0. The molecule has 0 aromatic heterocycles. The van der Waals surface area contributed by atoms with Gasteiger partial charge >= 0.3 is 12.0 Å². The van der Waals surface area contributed by atoms with Gasteiger partial charge < -0.3 is 15.4 Å². The van der Waals surface area contributed by atoms with Crippen LogP contribution in [0, 0.1) is 12.7 Å². The number of hydrogen-bond donors (Lipinski definition) is 2. The summed E-state index contributed by atoms with van der Waals surface area (Å²) in [6.45, 7) is 3.60. The van der Waals surface area contributed by atoms with Crippen LogP contribution in [-0.2, 0) is 19.4 Å². The van der Waals surface area contributed by atoms with Crippen LogP contribution < -0.4 is 10.6 Å². The second-order valence-electron chi connectivity index (χ2n) is 6.77. The topological polar surface area (TPSA) is 102 Å². The molecule has 1 heterocycles. The molecule has 1 aliphatic heterocycles. The third kappa shape index (κ3) is 4.68. The number of benzene rings is 2. The predicted molar refractivity (Wildman–Crippen MR) is 108 cm³/mol. The van der Waals surface area contributed by atoms with Crippen molar-refractivity contribution in [1.82, 2.24) is 10.6 Å². The zero-order chi connectivity index (χ0) is 21.9. The average Bonchev–Trinajstić information content (AvgIpc) is 2.68. The Balaban J connectivity index is 2.08. The van der Waals surface area contributed by atoms with Crippen molar-refractivity contribution in [2.75, 3.05) is 12.4 Å². The van der Waals surface area contributed by atoms with E-state index in [1.54, 1.807) is 19.1 Å². The normalized spacial score (nSPS) is 16.6. The van der Waals surface area contributed by atoms with E-state index in [4.69, 9.17) is 4.74 Å². The number of amides is 2. The van der Waals surface area contributed by atoms with Crippen LogP contribution in [0.5, 0.6) is 0 Å². The summed E-state index contributed by atoms with van der Waals surface area (Å²) in [5, 5.41) is 5.08. The molecule has 2 amide bonds. The number of rotatable bonds is 6. The summed E-state index contributed by atoms with van der Waals surface area (Å²) in [5.41, 5.74) is 1.52. The molecule has 0 fully saturated rings.